The standard InChI is InChI=1S/C34H40N2O8S/c1-6-9-11-19-44-25-17-14-23(20-26(25)42-8-3)28-27(29(37)22-12-15-24(16-13-22)43-18-10-7-2)30(38)32(39)36(28)34-35-21(4)31(45-34)33(40)41-5/h12-17,20,28,37H,6-11,18-19H2,1-5H3/t28-/m0/s1. The molecule has 0 bridgehead atoms. The number of aryl methyl sites for hydroxylation is 1. The van der Waals surface area contributed by atoms with Gasteiger partial charge in [0.25, 0.3) is 5.78 Å². The second-order valence-corrected chi connectivity index (χ2v) is 11.5. The summed E-state index contributed by atoms with van der Waals surface area (Å²) in [5, 5.41) is 11.7. The van der Waals surface area contributed by atoms with Crippen LogP contribution in [0.4, 0.5) is 5.13 Å². The van der Waals surface area contributed by atoms with Crippen LogP contribution in [0.5, 0.6) is 17.2 Å². The van der Waals surface area contributed by atoms with E-state index in [9.17, 15) is 19.5 Å². The van der Waals surface area contributed by atoms with E-state index in [1.165, 1.54) is 12.0 Å². The Balaban J connectivity index is 1.83. The summed E-state index contributed by atoms with van der Waals surface area (Å²) >= 11 is 0.938. The van der Waals surface area contributed by atoms with Crippen LogP contribution in [0.3, 0.4) is 0 Å². The van der Waals surface area contributed by atoms with E-state index in [1.54, 1.807) is 49.4 Å². The van der Waals surface area contributed by atoms with Crippen LogP contribution in [0.1, 0.15) is 85.4 Å². The Morgan fingerprint density at radius 2 is 1.64 bits per heavy atom. The van der Waals surface area contributed by atoms with Crippen molar-refractivity contribution in [1.82, 2.24) is 4.98 Å². The van der Waals surface area contributed by atoms with E-state index in [0.717, 1.165) is 43.4 Å². The minimum atomic E-state index is -1.07. The molecule has 1 aromatic heterocycles. The lowest BCUT2D eigenvalue weighted by Crippen LogP contribution is -2.29. The summed E-state index contributed by atoms with van der Waals surface area (Å²) in [6.45, 7) is 9.10. The number of hydrogen-bond donors (Lipinski definition) is 1. The number of Topliss-reactive ketones (excluding diaryl/α,β-unsaturated/α-hetero) is 1. The van der Waals surface area contributed by atoms with Gasteiger partial charge in [-0.3, -0.25) is 14.5 Å². The summed E-state index contributed by atoms with van der Waals surface area (Å²) < 4.78 is 22.5. The maximum Gasteiger partial charge on any atom is 0.350 e. The SMILES string of the molecule is CCCCCOc1ccc([C@H]2C(=C(O)c3ccc(OCCCC)cc3)C(=O)C(=O)N2c2nc(C)c(C(=O)OC)s2)cc1OCC. The summed E-state index contributed by atoms with van der Waals surface area (Å²) in [5.74, 6) is -1.12. The molecule has 2 aromatic carbocycles. The molecule has 1 saturated heterocycles. The lowest BCUT2D eigenvalue weighted by molar-refractivity contribution is -0.132. The molecule has 1 atom stereocenters. The van der Waals surface area contributed by atoms with Crippen molar-refractivity contribution in [2.45, 2.75) is 65.8 Å². The number of hydrogen-bond acceptors (Lipinski definition) is 10. The number of methoxy groups -OCH3 is 1. The number of aliphatic hydroxyl groups is 1. The summed E-state index contributed by atoms with van der Waals surface area (Å²) in [4.78, 5) is 45.7. The van der Waals surface area contributed by atoms with Gasteiger partial charge in [0, 0.05) is 5.56 Å². The Hall–Kier alpha value is -4.38. The third kappa shape index (κ3) is 7.47. The molecule has 45 heavy (non-hydrogen) atoms. The number of anilines is 1. The van der Waals surface area contributed by atoms with Crippen LogP contribution in [0.25, 0.3) is 5.76 Å². The van der Waals surface area contributed by atoms with Gasteiger partial charge in [-0.15, -0.1) is 0 Å². The van der Waals surface area contributed by atoms with Gasteiger partial charge in [0.1, 0.15) is 16.4 Å². The maximum atomic E-state index is 13.7. The maximum absolute atomic E-state index is 13.7. The molecule has 2 heterocycles. The number of carbonyl (C=O) groups is 3. The molecule has 0 unspecified atom stereocenters. The average molecular weight is 637 g/mol. The molecular formula is C34H40N2O8S. The summed E-state index contributed by atoms with van der Waals surface area (Å²) in [6, 6.07) is 10.8. The molecule has 10 nitrogen and oxygen atoms in total. The second-order valence-electron chi connectivity index (χ2n) is 10.5. The number of ketones is 1. The van der Waals surface area contributed by atoms with Gasteiger partial charge in [-0.05, 0) is 68.7 Å². The number of esters is 1. The lowest BCUT2D eigenvalue weighted by Gasteiger charge is -2.24. The van der Waals surface area contributed by atoms with Crippen LogP contribution in [0, 0.1) is 6.92 Å². The second kappa shape index (κ2) is 15.6. The van der Waals surface area contributed by atoms with Crippen LogP contribution in [-0.2, 0) is 14.3 Å². The van der Waals surface area contributed by atoms with Gasteiger partial charge in [-0.2, -0.15) is 0 Å². The van der Waals surface area contributed by atoms with Crippen molar-refractivity contribution in [2.75, 3.05) is 31.8 Å². The number of benzene rings is 2. The summed E-state index contributed by atoms with van der Waals surface area (Å²) in [6.07, 6.45) is 4.88. The third-order valence-corrected chi connectivity index (χ3v) is 8.43. The number of unbranched alkanes of at least 4 members (excludes halogenated alkanes) is 3. The minimum absolute atomic E-state index is 0.119. The molecule has 1 aliphatic rings. The quantitative estimate of drug-likeness (QED) is 0.0617. The van der Waals surface area contributed by atoms with Gasteiger partial charge in [-0.1, -0.05) is 50.5 Å². The van der Waals surface area contributed by atoms with E-state index in [1.807, 2.05) is 6.92 Å². The van der Waals surface area contributed by atoms with E-state index >= 15 is 0 Å². The fourth-order valence-electron chi connectivity index (χ4n) is 4.93. The van der Waals surface area contributed by atoms with Crippen molar-refractivity contribution in [3.63, 3.8) is 0 Å². The molecule has 0 radical (unpaired) electrons. The number of aliphatic hydroxyl groups excluding tert-OH is 1. The first-order chi connectivity index (χ1) is 21.7. The van der Waals surface area contributed by atoms with Gasteiger partial charge in [-0.25, -0.2) is 9.78 Å². The van der Waals surface area contributed by atoms with Crippen molar-refractivity contribution >= 4 is 39.9 Å². The number of thiazole rings is 1. The molecule has 1 aliphatic heterocycles. The van der Waals surface area contributed by atoms with E-state index in [0.29, 0.717) is 53.9 Å². The fourth-order valence-corrected chi connectivity index (χ4v) is 5.94. The van der Waals surface area contributed by atoms with Crippen LogP contribution in [-0.4, -0.2) is 54.7 Å². The summed E-state index contributed by atoms with van der Waals surface area (Å²) in [5.41, 5.74) is 1.07. The fraction of sp³-hybridized carbons (Fsp3) is 0.412. The number of carbonyl (C=O) groups excluding carboxylic acids is 3. The van der Waals surface area contributed by atoms with Crippen molar-refractivity contribution in [1.29, 1.82) is 0 Å². The van der Waals surface area contributed by atoms with Crippen molar-refractivity contribution in [2.24, 2.45) is 0 Å². The van der Waals surface area contributed by atoms with Crippen LogP contribution in [0.15, 0.2) is 48.0 Å². The number of amides is 1. The molecule has 11 heteroatoms. The highest BCUT2D eigenvalue weighted by molar-refractivity contribution is 7.17. The smallest absolute Gasteiger partial charge is 0.350 e. The number of rotatable bonds is 15. The Kier molecular flexibility index (Phi) is 11.6. The first-order valence-corrected chi connectivity index (χ1v) is 16.1. The predicted molar refractivity (Wildman–Crippen MR) is 172 cm³/mol. The highest BCUT2D eigenvalue weighted by Gasteiger charge is 2.48. The Morgan fingerprint density at radius 3 is 2.31 bits per heavy atom. The zero-order chi connectivity index (χ0) is 32.5. The monoisotopic (exact) mass is 636 g/mol. The van der Waals surface area contributed by atoms with Gasteiger partial charge in [0.05, 0.1) is 44.2 Å². The average Bonchev–Trinajstić information content (AvgIpc) is 3.55. The molecule has 4 rings (SSSR count). The normalized spacial score (nSPS) is 15.8. The Bertz CT molecular complexity index is 1550. The minimum Gasteiger partial charge on any atom is -0.507 e. The molecule has 1 N–H and O–H groups in total. The van der Waals surface area contributed by atoms with Gasteiger partial charge < -0.3 is 24.1 Å². The topological polar surface area (TPSA) is 124 Å². The van der Waals surface area contributed by atoms with E-state index < -0.39 is 23.7 Å². The number of ether oxygens (including phenoxy) is 4. The molecular weight excluding hydrogens is 596 g/mol. The number of aromatic nitrogens is 1. The third-order valence-electron chi connectivity index (χ3n) is 7.29. The summed E-state index contributed by atoms with van der Waals surface area (Å²) in [7, 11) is 1.26. The molecule has 3 aromatic rings. The van der Waals surface area contributed by atoms with Crippen LogP contribution >= 0.6 is 11.3 Å². The molecule has 0 aliphatic carbocycles. The van der Waals surface area contributed by atoms with E-state index in [4.69, 9.17) is 18.9 Å². The lowest BCUT2D eigenvalue weighted by atomic mass is 9.95. The molecule has 0 saturated carbocycles. The highest BCUT2D eigenvalue weighted by atomic mass is 32.1. The first-order valence-electron chi connectivity index (χ1n) is 15.2. The zero-order valence-electron chi connectivity index (χ0n) is 26.4. The number of nitrogens with zero attached hydrogens (tertiary/aromatic N) is 2. The molecule has 1 amide bonds. The first kappa shape index (κ1) is 33.5. The van der Waals surface area contributed by atoms with Crippen LogP contribution < -0.4 is 19.1 Å². The van der Waals surface area contributed by atoms with Crippen LogP contribution in [0.2, 0.25) is 0 Å². The van der Waals surface area contributed by atoms with Crippen molar-refractivity contribution < 1.29 is 38.4 Å². The van der Waals surface area contributed by atoms with Crippen molar-refractivity contribution in [3.8, 4) is 17.2 Å². The van der Waals surface area contributed by atoms with E-state index in [-0.39, 0.29) is 21.3 Å². The molecule has 240 valence electrons. The van der Waals surface area contributed by atoms with Gasteiger partial charge >= 0.3 is 11.9 Å². The predicted octanol–water partition coefficient (Wildman–Crippen LogP) is 7.01. The largest absolute Gasteiger partial charge is 0.507 e. The van der Waals surface area contributed by atoms with E-state index in [2.05, 4.69) is 18.8 Å². The Labute approximate surface area is 267 Å². The van der Waals surface area contributed by atoms with Gasteiger partial charge in [0.2, 0.25) is 0 Å². The molecule has 1 fully saturated rings. The van der Waals surface area contributed by atoms with Crippen molar-refractivity contribution in [3.05, 3.63) is 69.7 Å². The molecule has 0 spiro atoms. The Morgan fingerprint density at radius 1 is 0.933 bits per heavy atom. The zero-order valence-corrected chi connectivity index (χ0v) is 27.2. The van der Waals surface area contributed by atoms with Gasteiger partial charge in [0.15, 0.2) is 16.6 Å². The highest BCUT2D eigenvalue weighted by Crippen LogP contribution is 2.45.